The van der Waals surface area contributed by atoms with E-state index in [4.69, 9.17) is 0 Å². The van der Waals surface area contributed by atoms with Crippen LogP contribution in [0.3, 0.4) is 0 Å². The molecule has 0 unspecified atom stereocenters. The molecule has 0 saturated heterocycles. The van der Waals surface area contributed by atoms with Gasteiger partial charge in [0.1, 0.15) is 5.82 Å². The molecule has 4 rings (SSSR count). The number of hydrogen-bond donors (Lipinski definition) is 3. The lowest BCUT2D eigenvalue weighted by Crippen LogP contribution is -2.28. The molecule has 156 valence electrons. The maximum Gasteiger partial charge on any atom is 0.255 e. The van der Waals surface area contributed by atoms with E-state index in [0.717, 1.165) is 36.9 Å². The molecule has 0 radical (unpaired) electrons. The van der Waals surface area contributed by atoms with E-state index < -0.39 is 0 Å². The summed E-state index contributed by atoms with van der Waals surface area (Å²) < 4.78 is 0. The van der Waals surface area contributed by atoms with E-state index in [-0.39, 0.29) is 24.0 Å². The Kier molecular flexibility index (Phi) is 5.85. The zero-order valence-corrected chi connectivity index (χ0v) is 17.2. The molecule has 3 aromatic rings. The Morgan fingerprint density at radius 3 is 2.50 bits per heavy atom. The number of carbonyl (C=O) groups is 1. The van der Waals surface area contributed by atoms with E-state index in [2.05, 4.69) is 30.6 Å². The number of rotatable bonds is 5. The molecule has 8 nitrogen and oxygen atoms in total. The molecule has 8 heteroatoms. The highest BCUT2D eigenvalue weighted by Gasteiger charge is 2.20. The Hall–Kier alpha value is -3.13. The number of anilines is 2. The van der Waals surface area contributed by atoms with Gasteiger partial charge in [-0.2, -0.15) is 0 Å². The lowest BCUT2D eigenvalue weighted by Gasteiger charge is -2.26. The van der Waals surface area contributed by atoms with Crippen molar-refractivity contribution in [3.63, 3.8) is 0 Å². The summed E-state index contributed by atoms with van der Waals surface area (Å²) in [6, 6.07) is 5.60. The quantitative estimate of drug-likeness (QED) is 0.594. The predicted molar refractivity (Wildman–Crippen MR) is 115 cm³/mol. The third kappa shape index (κ3) is 4.71. The van der Waals surface area contributed by atoms with E-state index in [0.29, 0.717) is 22.7 Å². The Morgan fingerprint density at radius 1 is 1.07 bits per heavy atom. The number of carbonyl (C=O) groups excluding carboxylic acids is 1. The van der Waals surface area contributed by atoms with E-state index in [1.165, 1.54) is 0 Å². The third-order valence-electron chi connectivity index (χ3n) is 5.32. The minimum atomic E-state index is -0.243. The Balaban J connectivity index is 1.48. The Labute approximate surface area is 175 Å². The molecule has 1 saturated carbocycles. The van der Waals surface area contributed by atoms with Crippen LogP contribution in [-0.2, 0) is 0 Å². The fraction of sp³-hybridized carbons (Fsp3) is 0.409. The fourth-order valence-electron chi connectivity index (χ4n) is 3.54. The number of nitrogens with one attached hydrogen (secondary N) is 2. The zero-order chi connectivity index (χ0) is 21.1. The van der Waals surface area contributed by atoms with Crippen LogP contribution in [0.15, 0.2) is 36.8 Å². The van der Waals surface area contributed by atoms with Crippen molar-refractivity contribution in [3.05, 3.63) is 48.2 Å². The first-order valence-electron chi connectivity index (χ1n) is 10.3. The van der Waals surface area contributed by atoms with Crippen LogP contribution in [0, 0.1) is 0 Å². The number of aliphatic hydroxyl groups excluding tert-OH is 1. The van der Waals surface area contributed by atoms with Gasteiger partial charge in [-0.3, -0.25) is 4.79 Å². The second-order valence-electron chi connectivity index (χ2n) is 8.06. The van der Waals surface area contributed by atoms with Crippen molar-refractivity contribution >= 4 is 28.4 Å². The standard InChI is InChI=1S/C22H26N6O2/c1-13(2)20-23-11-17(12-24-20)26-21(30)14-3-4-15-10-25-22(28-19(15)9-14)27-16-5-7-18(29)8-6-16/h3-4,9-13,16,18,29H,5-8H2,1-2H3,(H,26,30)(H,25,27,28)/t16-,18-. The van der Waals surface area contributed by atoms with E-state index in [1.807, 2.05) is 19.9 Å². The van der Waals surface area contributed by atoms with Crippen molar-refractivity contribution in [1.82, 2.24) is 19.9 Å². The van der Waals surface area contributed by atoms with Crippen LogP contribution in [0.25, 0.3) is 10.9 Å². The van der Waals surface area contributed by atoms with Crippen molar-refractivity contribution in [2.45, 2.75) is 57.6 Å². The maximum atomic E-state index is 12.7. The van der Waals surface area contributed by atoms with Crippen molar-refractivity contribution in [2.75, 3.05) is 10.6 Å². The second-order valence-corrected chi connectivity index (χ2v) is 8.06. The lowest BCUT2D eigenvalue weighted by molar-refractivity contribution is 0.102. The largest absolute Gasteiger partial charge is 0.393 e. The number of fused-ring (bicyclic) bond motifs is 1. The molecule has 2 aromatic heterocycles. The molecular formula is C22H26N6O2. The van der Waals surface area contributed by atoms with Gasteiger partial charge in [0.15, 0.2) is 0 Å². The molecule has 1 aromatic carbocycles. The summed E-state index contributed by atoms with van der Waals surface area (Å²) in [7, 11) is 0. The van der Waals surface area contributed by atoms with Gasteiger partial charge in [-0.1, -0.05) is 19.9 Å². The first-order chi connectivity index (χ1) is 14.5. The van der Waals surface area contributed by atoms with E-state index in [1.54, 1.807) is 30.7 Å². The Bertz CT molecular complexity index is 1030. The number of benzene rings is 1. The lowest BCUT2D eigenvalue weighted by atomic mass is 9.93. The summed E-state index contributed by atoms with van der Waals surface area (Å²) in [6.45, 7) is 4.04. The van der Waals surface area contributed by atoms with Crippen LogP contribution in [-0.4, -0.2) is 43.1 Å². The average Bonchev–Trinajstić information content (AvgIpc) is 2.75. The molecule has 0 atom stereocenters. The smallest absolute Gasteiger partial charge is 0.255 e. The summed E-state index contributed by atoms with van der Waals surface area (Å²) in [5, 5.41) is 16.7. The molecule has 30 heavy (non-hydrogen) atoms. The van der Waals surface area contributed by atoms with E-state index in [9.17, 15) is 9.90 Å². The molecule has 1 aliphatic carbocycles. The number of aromatic nitrogens is 4. The summed E-state index contributed by atoms with van der Waals surface area (Å²) >= 11 is 0. The van der Waals surface area contributed by atoms with E-state index >= 15 is 0 Å². The number of hydrogen-bond acceptors (Lipinski definition) is 7. The summed E-state index contributed by atoms with van der Waals surface area (Å²) in [4.78, 5) is 30.2. The predicted octanol–water partition coefficient (Wildman–Crippen LogP) is 3.51. The minimum Gasteiger partial charge on any atom is -0.393 e. The number of amides is 1. The molecule has 1 amide bonds. The van der Waals surface area contributed by atoms with Crippen molar-refractivity contribution in [2.24, 2.45) is 0 Å². The number of aliphatic hydroxyl groups is 1. The van der Waals surface area contributed by atoms with Crippen molar-refractivity contribution in [3.8, 4) is 0 Å². The van der Waals surface area contributed by atoms with Gasteiger partial charge in [0, 0.05) is 29.1 Å². The first-order valence-corrected chi connectivity index (χ1v) is 10.3. The van der Waals surface area contributed by atoms with Crippen molar-refractivity contribution in [1.29, 1.82) is 0 Å². The fourth-order valence-corrected chi connectivity index (χ4v) is 3.54. The van der Waals surface area contributed by atoms with Crippen LogP contribution in [0.2, 0.25) is 0 Å². The molecule has 3 N–H and O–H groups in total. The summed E-state index contributed by atoms with van der Waals surface area (Å²) in [5.41, 5.74) is 1.75. The highest BCUT2D eigenvalue weighted by molar-refractivity contribution is 6.05. The van der Waals surface area contributed by atoms with Gasteiger partial charge in [-0.25, -0.2) is 19.9 Å². The van der Waals surface area contributed by atoms with Crippen molar-refractivity contribution < 1.29 is 9.90 Å². The van der Waals surface area contributed by atoms with Gasteiger partial charge in [0.25, 0.3) is 5.91 Å². The van der Waals surface area contributed by atoms with Gasteiger partial charge >= 0.3 is 0 Å². The van der Waals surface area contributed by atoms with Gasteiger partial charge in [0.2, 0.25) is 5.95 Å². The second kappa shape index (κ2) is 8.71. The topological polar surface area (TPSA) is 113 Å². The van der Waals surface area contributed by atoms with Crippen LogP contribution in [0.1, 0.15) is 61.6 Å². The third-order valence-corrected chi connectivity index (χ3v) is 5.32. The molecule has 2 heterocycles. The monoisotopic (exact) mass is 406 g/mol. The van der Waals surface area contributed by atoms with Crippen LogP contribution in [0.4, 0.5) is 11.6 Å². The average molecular weight is 406 g/mol. The van der Waals surface area contributed by atoms with Gasteiger partial charge < -0.3 is 15.7 Å². The zero-order valence-electron chi connectivity index (χ0n) is 17.2. The normalized spacial score (nSPS) is 19.1. The highest BCUT2D eigenvalue weighted by Crippen LogP contribution is 2.22. The molecule has 1 aliphatic rings. The molecular weight excluding hydrogens is 380 g/mol. The molecule has 0 spiro atoms. The summed E-state index contributed by atoms with van der Waals surface area (Å²) in [5.74, 6) is 1.27. The SMILES string of the molecule is CC(C)c1ncc(NC(=O)c2ccc3cnc(N[C@H]4CC[C@H](O)CC4)nc3c2)cn1. The molecule has 0 aliphatic heterocycles. The van der Waals surface area contributed by atoms with Crippen LogP contribution < -0.4 is 10.6 Å². The maximum absolute atomic E-state index is 12.7. The minimum absolute atomic E-state index is 0.200. The van der Waals surface area contributed by atoms with Gasteiger partial charge in [-0.05, 0) is 37.8 Å². The van der Waals surface area contributed by atoms with Gasteiger partial charge in [-0.15, -0.1) is 0 Å². The van der Waals surface area contributed by atoms with Crippen LogP contribution in [0.5, 0.6) is 0 Å². The van der Waals surface area contributed by atoms with Crippen LogP contribution >= 0.6 is 0 Å². The van der Waals surface area contributed by atoms with Gasteiger partial charge in [0.05, 0.1) is 29.7 Å². The summed E-state index contributed by atoms with van der Waals surface area (Å²) in [6.07, 6.45) is 8.15. The molecule has 0 bridgehead atoms. The highest BCUT2D eigenvalue weighted by atomic mass is 16.3. The first kappa shape index (κ1) is 20.2. The Morgan fingerprint density at radius 2 is 1.80 bits per heavy atom. The number of nitrogens with zero attached hydrogens (tertiary/aromatic N) is 4. The molecule has 1 fully saturated rings.